The number of aromatic nitrogens is 1. The molecule has 5 heteroatoms. The van der Waals surface area contributed by atoms with E-state index in [1.54, 1.807) is 6.20 Å². The Bertz CT molecular complexity index is 829. The number of carbonyl (C=O) groups excluding carboxylic acids is 2. The topological polar surface area (TPSA) is 62.3 Å². The van der Waals surface area contributed by atoms with Crippen molar-refractivity contribution in [1.29, 1.82) is 0 Å². The molecule has 1 aliphatic heterocycles. The van der Waals surface area contributed by atoms with E-state index in [9.17, 15) is 9.59 Å². The number of rotatable bonds is 3. The van der Waals surface area contributed by atoms with Crippen molar-refractivity contribution in [2.24, 2.45) is 11.8 Å². The van der Waals surface area contributed by atoms with Gasteiger partial charge in [-0.2, -0.15) is 0 Å². The van der Waals surface area contributed by atoms with Crippen LogP contribution in [0.25, 0.3) is 10.9 Å². The van der Waals surface area contributed by atoms with Crippen molar-refractivity contribution < 1.29 is 9.59 Å². The van der Waals surface area contributed by atoms with Crippen LogP contribution in [-0.4, -0.2) is 34.8 Å². The molecule has 0 spiro atoms. The zero-order valence-corrected chi connectivity index (χ0v) is 16.4. The van der Waals surface area contributed by atoms with Gasteiger partial charge in [0.05, 0.1) is 11.2 Å². The fourth-order valence-electron chi connectivity index (χ4n) is 4.59. The molecule has 1 saturated heterocycles. The Hall–Kier alpha value is -2.43. The maximum atomic E-state index is 12.8. The van der Waals surface area contributed by atoms with Crippen LogP contribution in [0.3, 0.4) is 0 Å². The fourth-order valence-corrected chi connectivity index (χ4v) is 4.59. The molecule has 1 aromatic heterocycles. The molecule has 148 valence electrons. The molecule has 0 bridgehead atoms. The molecule has 0 radical (unpaired) electrons. The number of nitrogens with one attached hydrogen (secondary N) is 1. The fraction of sp³-hybridized carbons (Fsp3) is 0.522. The number of pyridine rings is 1. The van der Waals surface area contributed by atoms with Crippen molar-refractivity contribution in [3.63, 3.8) is 0 Å². The maximum absolute atomic E-state index is 12.8. The number of benzene rings is 1. The molecule has 2 aliphatic rings. The summed E-state index contributed by atoms with van der Waals surface area (Å²) in [4.78, 5) is 32.1. The van der Waals surface area contributed by atoms with Crippen LogP contribution in [-0.2, 0) is 9.59 Å². The molecule has 28 heavy (non-hydrogen) atoms. The number of hydrogen-bond donors (Lipinski definition) is 1. The molecule has 2 amide bonds. The van der Waals surface area contributed by atoms with Crippen molar-refractivity contribution in [3.05, 3.63) is 36.5 Å². The molecule has 0 atom stereocenters. The quantitative estimate of drug-likeness (QED) is 0.861. The van der Waals surface area contributed by atoms with E-state index in [-0.39, 0.29) is 17.7 Å². The lowest BCUT2D eigenvalue weighted by molar-refractivity contribution is -0.137. The number of para-hydroxylation sites is 1. The van der Waals surface area contributed by atoms with Crippen molar-refractivity contribution in [1.82, 2.24) is 9.88 Å². The van der Waals surface area contributed by atoms with E-state index < -0.39 is 0 Å². The molecule has 0 unspecified atom stereocenters. The average molecular weight is 380 g/mol. The molecule has 2 aromatic rings. The number of amides is 2. The van der Waals surface area contributed by atoms with Crippen LogP contribution in [0.4, 0.5) is 5.69 Å². The van der Waals surface area contributed by atoms with Gasteiger partial charge in [-0.15, -0.1) is 0 Å². The van der Waals surface area contributed by atoms with Crippen LogP contribution in [0.5, 0.6) is 0 Å². The Balaban J connectivity index is 1.34. The van der Waals surface area contributed by atoms with Crippen LogP contribution in [0.2, 0.25) is 0 Å². The third-order valence-corrected chi connectivity index (χ3v) is 6.26. The first-order valence-corrected chi connectivity index (χ1v) is 10.7. The number of anilines is 1. The van der Waals surface area contributed by atoms with Crippen LogP contribution in [0.15, 0.2) is 36.5 Å². The highest BCUT2D eigenvalue weighted by Crippen LogP contribution is 2.32. The number of likely N-dealkylation sites (tertiary alicyclic amines) is 1. The predicted octanol–water partition coefficient (Wildman–Crippen LogP) is 4.38. The zero-order chi connectivity index (χ0) is 19.3. The van der Waals surface area contributed by atoms with Gasteiger partial charge in [-0.05, 0) is 50.7 Å². The summed E-state index contributed by atoms with van der Waals surface area (Å²) in [6, 6.07) is 9.74. The second-order valence-corrected chi connectivity index (χ2v) is 8.16. The van der Waals surface area contributed by atoms with E-state index >= 15 is 0 Å². The van der Waals surface area contributed by atoms with Crippen LogP contribution in [0.1, 0.15) is 51.4 Å². The van der Waals surface area contributed by atoms with Gasteiger partial charge in [0.1, 0.15) is 0 Å². The van der Waals surface area contributed by atoms with Crippen molar-refractivity contribution >= 4 is 28.4 Å². The molecular weight excluding hydrogens is 350 g/mol. The van der Waals surface area contributed by atoms with Gasteiger partial charge < -0.3 is 10.2 Å². The normalized spacial score (nSPS) is 23.2. The number of nitrogens with zero attached hydrogens (tertiary/aromatic N) is 2. The molecule has 1 N–H and O–H groups in total. The molecule has 5 nitrogen and oxygen atoms in total. The van der Waals surface area contributed by atoms with E-state index in [4.69, 9.17) is 0 Å². The van der Waals surface area contributed by atoms with E-state index in [0.717, 1.165) is 68.2 Å². The summed E-state index contributed by atoms with van der Waals surface area (Å²) in [6.45, 7) is 1.82. The highest BCUT2D eigenvalue weighted by molar-refractivity contribution is 6.01. The highest BCUT2D eigenvalue weighted by Gasteiger charge is 2.32. The lowest BCUT2D eigenvalue weighted by Gasteiger charge is -2.31. The van der Waals surface area contributed by atoms with Crippen LogP contribution in [0, 0.1) is 11.8 Å². The minimum atomic E-state index is -0.0212. The summed E-state index contributed by atoms with van der Waals surface area (Å²) in [7, 11) is 0. The third kappa shape index (κ3) is 4.18. The number of fused-ring (bicyclic) bond motifs is 1. The van der Waals surface area contributed by atoms with Crippen molar-refractivity contribution in [2.75, 3.05) is 18.4 Å². The van der Waals surface area contributed by atoms with Crippen molar-refractivity contribution in [3.8, 4) is 0 Å². The molecule has 1 aromatic carbocycles. The SMILES string of the molecule is O=C(Nc1cccc2cccnc12)C1CCC(C(=O)N2CCCCCC2)CC1. The second-order valence-electron chi connectivity index (χ2n) is 8.16. The van der Waals surface area contributed by atoms with E-state index in [0.29, 0.717) is 5.91 Å². The van der Waals surface area contributed by atoms with Gasteiger partial charge in [0.15, 0.2) is 0 Å². The molecule has 1 saturated carbocycles. The first-order chi connectivity index (χ1) is 13.7. The summed E-state index contributed by atoms with van der Waals surface area (Å²) in [5, 5.41) is 4.09. The Morgan fingerprint density at radius 3 is 2.32 bits per heavy atom. The van der Waals surface area contributed by atoms with Crippen molar-refractivity contribution in [2.45, 2.75) is 51.4 Å². The monoisotopic (exact) mass is 379 g/mol. The van der Waals surface area contributed by atoms with Gasteiger partial charge in [-0.1, -0.05) is 31.0 Å². The predicted molar refractivity (Wildman–Crippen MR) is 111 cm³/mol. The van der Waals surface area contributed by atoms with Gasteiger partial charge in [-0.3, -0.25) is 14.6 Å². The van der Waals surface area contributed by atoms with Crippen LogP contribution < -0.4 is 5.32 Å². The minimum absolute atomic E-state index is 0.0212. The van der Waals surface area contributed by atoms with E-state index in [2.05, 4.69) is 15.2 Å². The van der Waals surface area contributed by atoms with E-state index in [1.807, 2.05) is 30.3 Å². The Labute approximate surface area is 166 Å². The largest absolute Gasteiger partial charge is 0.342 e. The zero-order valence-electron chi connectivity index (χ0n) is 16.4. The summed E-state index contributed by atoms with van der Waals surface area (Å²) in [5.74, 6) is 0.450. The van der Waals surface area contributed by atoms with Gasteiger partial charge in [0, 0.05) is 36.5 Å². The highest BCUT2D eigenvalue weighted by atomic mass is 16.2. The summed E-state index contributed by atoms with van der Waals surface area (Å²) < 4.78 is 0. The molecule has 1 aliphatic carbocycles. The standard InChI is InChI=1S/C23H29N3O2/c27-22(25-20-9-5-7-17-8-6-14-24-21(17)20)18-10-12-19(13-11-18)23(28)26-15-3-1-2-4-16-26/h5-9,14,18-19H,1-4,10-13,15-16H2,(H,25,27). The average Bonchev–Trinajstić information content (AvgIpc) is 3.03. The molecule has 2 heterocycles. The lowest BCUT2D eigenvalue weighted by atomic mass is 9.81. The molecule has 4 rings (SSSR count). The summed E-state index contributed by atoms with van der Waals surface area (Å²) in [5.41, 5.74) is 1.59. The minimum Gasteiger partial charge on any atom is -0.342 e. The Kier molecular flexibility index (Phi) is 5.89. The second kappa shape index (κ2) is 8.72. The summed E-state index contributed by atoms with van der Waals surface area (Å²) in [6.07, 6.45) is 9.69. The first-order valence-electron chi connectivity index (χ1n) is 10.7. The van der Waals surface area contributed by atoms with Gasteiger partial charge in [0.2, 0.25) is 11.8 Å². The Morgan fingerprint density at radius 1 is 0.893 bits per heavy atom. The molecule has 2 fully saturated rings. The maximum Gasteiger partial charge on any atom is 0.227 e. The summed E-state index contributed by atoms with van der Waals surface area (Å²) >= 11 is 0. The van der Waals surface area contributed by atoms with Crippen LogP contribution >= 0.6 is 0 Å². The Morgan fingerprint density at radius 2 is 1.57 bits per heavy atom. The van der Waals surface area contributed by atoms with Gasteiger partial charge in [-0.25, -0.2) is 0 Å². The smallest absolute Gasteiger partial charge is 0.227 e. The third-order valence-electron chi connectivity index (χ3n) is 6.26. The van der Waals surface area contributed by atoms with E-state index in [1.165, 1.54) is 12.8 Å². The number of carbonyl (C=O) groups is 2. The lowest BCUT2D eigenvalue weighted by Crippen LogP contribution is -2.39. The van der Waals surface area contributed by atoms with Gasteiger partial charge in [0.25, 0.3) is 0 Å². The number of hydrogen-bond acceptors (Lipinski definition) is 3. The first kappa shape index (κ1) is 18.9. The molecular formula is C23H29N3O2. The van der Waals surface area contributed by atoms with Gasteiger partial charge >= 0.3 is 0 Å².